The van der Waals surface area contributed by atoms with Crippen LogP contribution in [0.4, 0.5) is 0 Å². The third-order valence-corrected chi connectivity index (χ3v) is 9.78. The lowest BCUT2D eigenvalue weighted by Gasteiger charge is -2.19. The summed E-state index contributed by atoms with van der Waals surface area (Å²) in [5, 5.41) is 26.9. The number of hydrogen-bond donors (Lipinski definition) is 0. The monoisotopic (exact) mass is 624 g/mol. The summed E-state index contributed by atoms with van der Waals surface area (Å²) in [7, 11) is 0. The van der Waals surface area contributed by atoms with Crippen LogP contribution < -0.4 is 0 Å². The Hall–Kier alpha value is -7.08. The Morgan fingerprint density at radius 3 is 1.51 bits per heavy atom. The Kier molecular flexibility index (Phi) is 5.64. The lowest BCUT2D eigenvalue weighted by Crippen LogP contribution is -2.03. The lowest BCUT2D eigenvalue weighted by molar-refractivity contribution is 0.669. The molecule has 0 N–H and O–H groups in total. The Bertz CT molecular complexity index is 3030. The van der Waals surface area contributed by atoms with Gasteiger partial charge in [0.1, 0.15) is 11.2 Å². The minimum Gasteiger partial charge on any atom is -0.456 e. The third kappa shape index (κ3) is 3.79. The molecule has 3 aromatic heterocycles. The van der Waals surface area contributed by atoms with Crippen LogP contribution in [0.15, 0.2) is 150 Å². The number of hydrogen-bond acceptors (Lipinski definition) is 3. The van der Waals surface area contributed by atoms with Gasteiger partial charge in [-0.3, -0.25) is 0 Å². The maximum absolute atomic E-state index is 10.2. The molecule has 0 spiro atoms. The standard InChI is InChI=1S/C44H24N4O/c45-25-27-17-19-32(39(23-27)47-36-13-5-1-9-29(36)30-10-2-6-14-37(30)47)33-20-18-28(26-46)24-40(33)48-38-15-7-3-11-31(38)34-21-22-42-43(44(34)48)35-12-4-8-16-41(35)49-42/h1-24H. The van der Waals surface area contributed by atoms with Crippen molar-refractivity contribution in [2.45, 2.75) is 0 Å². The molecule has 7 aromatic carbocycles. The van der Waals surface area contributed by atoms with E-state index in [0.717, 1.165) is 88.1 Å². The van der Waals surface area contributed by atoms with E-state index in [0.29, 0.717) is 11.1 Å². The van der Waals surface area contributed by atoms with Crippen LogP contribution in [0.1, 0.15) is 11.1 Å². The molecule has 0 aliphatic heterocycles. The molecule has 5 nitrogen and oxygen atoms in total. The van der Waals surface area contributed by atoms with E-state index in [9.17, 15) is 10.5 Å². The van der Waals surface area contributed by atoms with Crippen LogP contribution in [0, 0.1) is 22.7 Å². The zero-order valence-corrected chi connectivity index (χ0v) is 26.1. The van der Waals surface area contributed by atoms with E-state index < -0.39 is 0 Å². The molecule has 3 heterocycles. The number of nitriles is 2. The highest BCUT2D eigenvalue weighted by Gasteiger charge is 2.23. The molecule has 0 saturated carbocycles. The summed E-state index contributed by atoms with van der Waals surface area (Å²) >= 11 is 0. The van der Waals surface area contributed by atoms with Crippen molar-refractivity contribution < 1.29 is 4.42 Å². The van der Waals surface area contributed by atoms with Crippen LogP contribution in [0.5, 0.6) is 0 Å². The van der Waals surface area contributed by atoms with Gasteiger partial charge in [0.2, 0.25) is 0 Å². The van der Waals surface area contributed by atoms with E-state index in [-0.39, 0.29) is 0 Å². The van der Waals surface area contributed by atoms with Crippen molar-refractivity contribution in [1.82, 2.24) is 9.13 Å². The molecule has 0 amide bonds. The van der Waals surface area contributed by atoms with Gasteiger partial charge in [-0.1, -0.05) is 84.9 Å². The van der Waals surface area contributed by atoms with Gasteiger partial charge in [-0.2, -0.15) is 10.5 Å². The number of rotatable bonds is 3. The number of aromatic nitrogens is 2. The molecule has 0 saturated heterocycles. The van der Waals surface area contributed by atoms with Crippen molar-refractivity contribution in [3.8, 4) is 34.6 Å². The van der Waals surface area contributed by atoms with Gasteiger partial charge < -0.3 is 13.6 Å². The summed E-state index contributed by atoms with van der Waals surface area (Å²) in [4.78, 5) is 0. The SMILES string of the molecule is N#Cc1ccc(-c2ccc(C#N)cc2-n2c3ccccc3c3ccc4oc5ccccc5c4c32)c(-n2c3ccccc3c3ccccc32)c1. The van der Waals surface area contributed by atoms with Gasteiger partial charge >= 0.3 is 0 Å². The number of furan rings is 1. The fourth-order valence-corrected chi connectivity index (χ4v) is 7.73. The molecule has 0 bridgehead atoms. The predicted molar refractivity (Wildman–Crippen MR) is 197 cm³/mol. The second kappa shape index (κ2) is 10.2. The lowest BCUT2D eigenvalue weighted by atomic mass is 9.97. The molecular weight excluding hydrogens is 601 g/mol. The van der Waals surface area contributed by atoms with Crippen LogP contribution >= 0.6 is 0 Å². The minimum absolute atomic E-state index is 0.556. The molecule has 5 heteroatoms. The highest BCUT2D eigenvalue weighted by molar-refractivity contribution is 6.24. The molecular formula is C44H24N4O. The summed E-state index contributed by atoms with van der Waals surface area (Å²) in [5.41, 5.74) is 10.6. The van der Waals surface area contributed by atoms with Crippen LogP contribution in [-0.2, 0) is 0 Å². The molecule has 49 heavy (non-hydrogen) atoms. The van der Waals surface area contributed by atoms with Gasteiger partial charge in [0.15, 0.2) is 0 Å². The molecule has 0 fully saturated rings. The fourth-order valence-electron chi connectivity index (χ4n) is 7.73. The van der Waals surface area contributed by atoms with Gasteiger partial charge in [0.05, 0.1) is 62.1 Å². The number of nitrogens with zero attached hydrogens (tertiary/aromatic N) is 4. The summed E-state index contributed by atoms with van der Waals surface area (Å²) < 4.78 is 10.9. The van der Waals surface area contributed by atoms with Gasteiger partial charge in [-0.05, 0) is 60.7 Å². The molecule has 0 radical (unpaired) electrons. The Morgan fingerprint density at radius 1 is 0.429 bits per heavy atom. The van der Waals surface area contributed by atoms with Crippen molar-refractivity contribution in [2.75, 3.05) is 0 Å². The van der Waals surface area contributed by atoms with Crippen molar-refractivity contribution in [3.63, 3.8) is 0 Å². The molecule has 0 aliphatic carbocycles. The molecule has 10 aromatic rings. The molecule has 0 atom stereocenters. The molecule has 0 aliphatic rings. The van der Waals surface area contributed by atoms with Crippen molar-refractivity contribution in [2.24, 2.45) is 0 Å². The maximum Gasteiger partial charge on any atom is 0.137 e. The molecule has 10 rings (SSSR count). The fraction of sp³-hybridized carbons (Fsp3) is 0. The first-order valence-electron chi connectivity index (χ1n) is 16.1. The van der Waals surface area contributed by atoms with Crippen LogP contribution in [0.2, 0.25) is 0 Å². The molecule has 0 unspecified atom stereocenters. The normalized spacial score (nSPS) is 11.6. The number of para-hydroxylation sites is 4. The van der Waals surface area contributed by atoms with Crippen LogP contribution in [-0.4, -0.2) is 9.13 Å². The Labute approximate surface area is 280 Å². The zero-order valence-electron chi connectivity index (χ0n) is 26.1. The van der Waals surface area contributed by atoms with Crippen molar-refractivity contribution in [1.29, 1.82) is 10.5 Å². The smallest absolute Gasteiger partial charge is 0.137 e. The Balaban J connectivity index is 1.38. The van der Waals surface area contributed by atoms with E-state index in [1.165, 1.54) is 0 Å². The average Bonchev–Trinajstić information content (AvgIpc) is 3.82. The van der Waals surface area contributed by atoms with Crippen molar-refractivity contribution >= 4 is 65.6 Å². The quantitative estimate of drug-likeness (QED) is 0.196. The van der Waals surface area contributed by atoms with E-state index in [4.69, 9.17) is 4.42 Å². The van der Waals surface area contributed by atoms with Crippen molar-refractivity contribution in [3.05, 3.63) is 157 Å². The third-order valence-electron chi connectivity index (χ3n) is 9.78. The highest BCUT2D eigenvalue weighted by Crippen LogP contribution is 2.44. The average molecular weight is 625 g/mol. The Morgan fingerprint density at radius 2 is 0.918 bits per heavy atom. The maximum atomic E-state index is 10.2. The topological polar surface area (TPSA) is 70.6 Å². The van der Waals surface area contributed by atoms with Gasteiger partial charge in [0, 0.05) is 38.1 Å². The summed E-state index contributed by atoms with van der Waals surface area (Å²) in [5.74, 6) is 0. The first-order chi connectivity index (χ1) is 24.2. The second-order valence-electron chi connectivity index (χ2n) is 12.3. The zero-order chi connectivity index (χ0) is 32.6. The number of benzene rings is 7. The first-order valence-corrected chi connectivity index (χ1v) is 16.1. The van der Waals surface area contributed by atoms with E-state index in [1.807, 2.05) is 54.6 Å². The predicted octanol–water partition coefficient (Wildman–Crippen LogP) is 11.2. The van der Waals surface area contributed by atoms with E-state index in [1.54, 1.807) is 0 Å². The minimum atomic E-state index is 0.556. The largest absolute Gasteiger partial charge is 0.456 e. The molecule has 226 valence electrons. The number of fused-ring (bicyclic) bond motifs is 10. The first kappa shape index (κ1) is 27.1. The highest BCUT2D eigenvalue weighted by atomic mass is 16.3. The van der Waals surface area contributed by atoms with E-state index in [2.05, 4.69) is 112 Å². The van der Waals surface area contributed by atoms with Crippen LogP contribution in [0.3, 0.4) is 0 Å². The van der Waals surface area contributed by atoms with Crippen LogP contribution in [0.25, 0.3) is 88.1 Å². The second-order valence-corrected chi connectivity index (χ2v) is 12.3. The van der Waals surface area contributed by atoms with Gasteiger partial charge in [-0.25, -0.2) is 0 Å². The summed E-state index contributed by atoms with van der Waals surface area (Å²) in [6, 6.07) is 54.1. The van der Waals surface area contributed by atoms with E-state index >= 15 is 0 Å². The summed E-state index contributed by atoms with van der Waals surface area (Å²) in [6.45, 7) is 0. The van der Waals surface area contributed by atoms with Gasteiger partial charge in [-0.15, -0.1) is 0 Å². The summed E-state index contributed by atoms with van der Waals surface area (Å²) in [6.07, 6.45) is 0. The van der Waals surface area contributed by atoms with Gasteiger partial charge in [0.25, 0.3) is 0 Å².